The fourth-order valence-electron chi connectivity index (χ4n) is 4.46. The average molecular weight is 558 g/mol. The summed E-state index contributed by atoms with van der Waals surface area (Å²) in [4.78, 5) is 33.1. The van der Waals surface area contributed by atoms with Crippen molar-refractivity contribution in [1.29, 1.82) is 0 Å². The van der Waals surface area contributed by atoms with E-state index in [4.69, 9.17) is 26.4 Å². The second kappa shape index (κ2) is 11.6. The number of benzene rings is 1. The van der Waals surface area contributed by atoms with Crippen LogP contribution in [0.15, 0.2) is 35.3 Å². The molecular weight excluding hydrogens is 530 g/mol. The van der Waals surface area contributed by atoms with Crippen molar-refractivity contribution in [3.63, 3.8) is 0 Å². The van der Waals surface area contributed by atoms with Gasteiger partial charge in [-0.15, -0.1) is 21.5 Å². The van der Waals surface area contributed by atoms with Gasteiger partial charge in [-0.05, 0) is 25.5 Å². The van der Waals surface area contributed by atoms with Crippen LogP contribution in [0.5, 0.6) is 0 Å². The summed E-state index contributed by atoms with van der Waals surface area (Å²) < 4.78 is 7.25. The van der Waals surface area contributed by atoms with Crippen molar-refractivity contribution in [2.45, 2.75) is 25.9 Å². The third-order valence-electron chi connectivity index (χ3n) is 6.32. The molecule has 2 aromatic heterocycles. The second-order valence-corrected chi connectivity index (χ2v) is 10.4. The quantitative estimate of drug-likeness (QED) is 0.408. The summed E-state index contributed by atoms with van der Waals surface area (Å²) in [6.45, 7) is 4.13. The molecule has 3 aromatic rings. The number of aromatic nitrogens is 3. The van der Waals surface area contributed by atoms with Crippen molar-refractivity contribution in [3.05, 3.63) is 63.0 Å². The summed E-state index contributed by atoms with van der Waals surface area (Å²) in [5, 5.41) is 24.5. The number of hydrogen-bond donors (Lipinski definition) is 3. The van der Waals surface area contributed by atoms with Crippen molar-refractivity contribution in [2.24, 2.45) is 4.99 Å². The molecule has 1 atom stereocenters. The molecule has 0 aliphatic carbocycles. The van der Waals surface area contributed by atoms with Gasteiger partial charge in [0.05, 0.1) is 25.5 Å². The molecule has 0 spiro atoms. The lowest BCUT2D eigenvalue weighted by molar-refractivity contribution is -0.135. The van der Waals surface area contributed by atoms with E-state index in [0.717, 1.165) is 15.4 Å². The molecule has 0 saturated carbocycles. The molecule has 11 nitrogen and oxygen atoms in total. The number of aryl methyl sites for hydroxylation is 2. The van der Waals surface area contributed by atoms with Gasteiger partial charge in [0, 0.05) is 47.1 Å². The van der Waals surface area contributed by atoms with Crippen molar-refractivity contribution < 1.29 is 19.4 Å². The van der Waals surface area contributed by atoms with E-state index in [-0.39, 0.29) is 19.1 Å². The monoisotopic (exact) mass is 557 g/mol. The largest absolute Gasteiger partial charge is 0.395 e. The molecule has 2 aliphatic rings. The Morgan fingerprint density at radius 3 is 2.76 bits per heavy atom. The van der Waals surface area contributed by atoms with Gasteiger partial charge in [-0.1, -0.05) is 29.8 Å². The standard InChI is InChI=1S/C25H28ClN7O4S/c1-15-30-31-23-22(29-25(36)27-8-11-34)28-21(17-4-2-3-5-19(17)26)18-14-16(38-24(18)33(15)23)6-7-20(35)32-9-12-37-13-10-32/h2-5,14,22,34H,6-13H2,1H3,(H2,27,29,36). The fraction of sp³-hybridized carbons (Fsp3) is 0.400. The summed E-state index contributed by atoms with van der Waals surface area (Å²) >= 11 is 8.15. The van der Waals surface area contributed by atoms with E-state index < -0.39 is 12.2 Å². The van der Waals surface area contributed by atoms with E-state index in [2.05, 4.69) is 20.8 Å². The van der Waals surface area contributed by atoms with Gasteiger partial charge in [-0.25, -0.2) is 4.79 Å². The maximum atomic E-state index is 12.8. The number of halogens is 1. The molecule has 3 N–H and O–H groups in total. The lowest BCUT2D eigenvalue weighted by Crippen LogP contribution is -2.40. The number of morpholine rings is 1. The maximum absolute atomic E-state index is 12.8. The minimum Gasteiger partial charge on any atom is -0.395 e. The third-order valence-corrected chi connectivity index (χ3v) is 7.83. The Morgan fingerprint density at radius 1 is 1.21 bits per heavy atom. The number of aliphatic hydroxyl groups is 1. The predicted molar refractivity (Wildman–Crippen MR) is 143 cm³/mol. The number of carbonyl (C=O) groups is 2. The molecule has 4 heterocycles. The summed E-state index contributed by atoms with van der Waals surface area (Å²) in [5.41, 5.74) is 2.13. The number of aliphatic imine (C=N–C) groups is 1. The average Bonchev–Trinajstić information content (AvgIpc) is 3.49. The van der Waals surface area contributed by atoms with E-state index in [1.165, 1.54) is 0 Å². The smallest absolute Gasteiger partial charge is 0.316 e. The number of hydrogen-bond acceptors (Lipinski definition) is 8. The van der Waals surface area contributed by atoms with E-state index in [9.17, 15) is 9.59 Å². The van der Waals surface area contributed by atoms with Gasteiger partial charge in [0.25, 0.3) is 0 Å². The molecule has 13 heteroatoms. The first-order chi connectivity index (χ1) is 18.5. The molecular formula is C25H28ClN7O4S. The number of nitrogens with one attached hydrogen (secondary N) is 2. The van der Waals surface area contributed by atoms with Gasteiger partial charge in [0.15, 0.2) is 12.0 Å². The number of rotatable bonds is 7. The summed E-state index contributed by atoms with van der Waals surface area (Å²) in [7, 11) is 0. The van der Waals surface area contributed by atoms with Crippen LogP contribution in [0.3, 0.4) is 0 Å². The molecule has 1 aromatic carbocycles. The number of aliphatic hydroxyl groups excluding tert-OH is 1. The Balaban J connectivity index is 1.53. The number of carbonyl (C=O) groups excluding carboxylic acids is 2. The van der Waals surface area contributed by atoms with Crippen LogP contribution in [-0.2, 0) is 16.0 Å². The number of urea groups is 1. The van der Waals surface area contributed by atoms with Gasteiger partial charge in [-0.2, -0.15) is 0 Å². The highest BCUT2D eigenvalue weighted by Gasteiger charge is 2.31. The first kappa shape index (κ1) is 26.3. The molecule has 38 heavy (non-hydrogen) atoms. The van der Waals surface area contributed by atoms with E-state index in [0.29, 0.717) is 67.1 Å². The van der Waals surface area contributed by atoms with Gasteiger partial charge < -0.3 is 25.4 Å². The molecule has 2 aliphatic heterocycles. The highest BCUT2D eigenvalue weighted by molar-refractivity contribution is 7.15. The topological polar surface area (TPSA) is 134 Å². The van der Waals surface area contributed by atoms with Crippen molar-refractivity contribution >= 4 is 40.6 Å². The Hall–Kier alpha value is -3.32. The third kappa shape index (κ3) is 5.44. The van der Waals surface area contributed by atoms with Crippen molar-refractivity contribution in [2.75, 3.05) is 39.5 Å². The zero-order valence-corrected chi connectivity index (χ0v) is 22.4. The number of fused-ring (bicyclic) bond motifs is 3. The highest BCUT2D eigenvalue weighted by Crippen LogP contribution is 2.37. The Morgan fingerprint density at radius 2 is 2.00 bits per heavy atom. The van der Waals surface area contributed by atoms with Gasteiger partial charge in [0.1, 0.15) is 10.8 Å². The summed E-state index contributed by atoms with van der Waals surface area (Å²) in [6.07, 6.45) is 0.110. The summed E-state index contributed by atoms with van der Waals surface area (Å²) in [5.74, 6) is 1.19. The highest BCUT2D eigenvalue weighted by atomic mass is 35.5. The van der Waals surface area contributed by atoms with Crippen LogP contribution in [-0.4, -0.2) is 81.9 Å². The normalized spacial score (nSPS) is 16.8. The predicted octanol–water partition coefficient (Wildman–Crippen LogP) is 2.22. The van der Waals surface area contributed by atoms with E-state index in [1.54, 1.807) is 17.4 Å². The summed E-state index contributed by atoms with van der Waals surface area (Å²) in [6, 6.07) is 8.94. The molecule has 1 unspecified atom stereocenters. The second-order valence-electron chi connectivity index (χ2n) is 8.85. The lowest BCUT2D eigenvalue weighted by atomic mass is 10.0. The zero-order valence-electron chi connectivity index (χ0n) is 20.8. The Labute approximate surface area is 228 Å². The van der Waals surface area contributed by atoms with Gasteiger partial charge >= 0.3 is 6.03 Å². The molecule has 1 fully saturated rings. The van der Waals surface area contributed by atoms with Crippen molar-refractivity contribution in [3.8, 4) is 5.00 Å². The zero-order chi connectivity index (χ0) is 26.6. The minimum atomic E-state index is -0.855. The number of amides is 3. The van der Waals surface area contributed by atoms with Gasteiger partial charge in [0.2, 0.25) is 5.91 Å². The number of nitrogens with zero attached hydrogens (tertiary/aromatic N) is 5. The van der Waals surface area contributed by atoms with E-state index >= 15 is 0 Å². The lowest BCUT2D eigenvalue weighted by Gasteiger charge is -2.26. The van der Waals surface area contributed by atoms with Crippen LogP contribution in [0.2, 0.25) is 5.02 Å². The Bertz CT molecular complexity index is 1370. The number of ether oxygens (including phenoxy) is 1. The SMILES string of the molecule is Cc1nnc2n1-c1sc(CCC(=O)N3CCOCC3)cc1C(c1ccccc1Cl)=NC2NC(=O)NCCO. The van der Waals surface area contributed by atoms with Crippen LogP contribution in [0.1, 0.15) is 40.2 Å². The van der Waals surface area contributed by atoms with Crippen LogP contribution < -0.4 is 10.6 Å². The van der Waals surface area contributed by atoms with Gasteiger partial charge in [-0.3, -0.25) is 14.4 Å². The van der Waals surface area contributed by atoms with E-state index in [1.807, 2.05) is 40.7 Å². The fourth-order valence-corrected chi connectivity index (χ4v) is 5.90. The van der Waals surface area contributed by atoms with Crippen LogP contribution in [0.25, 0.3) is 5.00 Å². The molecule has 5 rings (SSSR count). The van der Waals surface area contributed by atoms with Crippen LogP contribution in [0.4, 0.5) is 4.79 Å². The Kier molecular flexibility index (Phi) is 8.03. The maximum Gasteiger partial charge on any atom is 0.316 e. The van der Waals surface area contributed by atoms with Crippen LogP contribution >= 0.6 is 22.9 Å². The molecule has 1 saturated heterocycles. The molecule has 0 radical (unpaired) electrons. The first-order valence-electron chi connectivity index (χ1n) is 12.3. The van der Waals surface area contributed by atoms with Crippen LogP contribution in [0, 0.1) is 6.92 Å². The first-order valence-corrected chi connectivity index (χ1v) is 13.5. The van der Waals surface area contributed by atoms with Crippen molar-refractivity contribution in [1.82, 2.24) is 30.3 Å². The molecule has 0 bridgehead atoms. The molecule has 3 amide bonds. The number of thiophene rings is 1. The molecule has 200 valence electrons. The minimum absolute atomic E-state index is 0.102.